The van der Waals surface area contributed by atoms with Crippen LogP contribution in [0.1, 0.15) is 23.2 Å². The number of quaternary nitrogens is 1. The molecule has 2 N–H and O–H groups in total. The fourth-order valence-corrected chi connectivity index (χ4v) is 4.49. The van der Waals surface area contributed by atoms with E-state index in [1.807, 2.05) is 0 Å². The zero-order valence-electron chi connectivity index (χ0n) is 16.0. The van der Waals surface area contributed by atoms with Crippen LogP contribution in [0.5, 0.6) is 0 Å². The lowest BCUT2D eigenvalue weighted by Gasteiger charge is -2.33. The van der Waals surface area contributed by atoms with Crippen molar-refractivity contribution < 1.29 is 22.5 Å². The molecular formula is C20H25FN3O3S+. The monoisotopic (exact) mass is 406 g/mol. The molecule has 1 amide bonds. The van der Waals surface area contributed by atoms with E-state index in [0.717, 1.165) is 38.1 Å². The smallest absolute Gasteiger partial charge is 0.261 e. The molecule has 0 spiro atoms. The van der Waals surface area contributed by atoms with Crippen molar-refractivity contribution in [3.05, 3.63) is 59.9 Å². The number of hydrogen-bond acceptors (Lipinski definition) is 3. The maximum absolute atomic E-state index is 13.1. The molecule has 0 saturated carbocycles. The normalized spacial score (nSPS) is 19.8. The SMILES string of the molecule is CN(C(=O)c1ccccc1NS(=O)(=O)c1ccc(F)cc1)C1CC[NH+](C)CC1. The van der Waals surface area contributed by atoms with Gasteiger partial charge in [0.2, 0.25) is 0 Å². The molecule has 1 heterocycles. The Hall–Kier alpha value is -2.45. The summed E-state index contributed by atoms with van der Waals surface area (Å²) in [5.74, 6) is -0.738. The van der Waals surface area contributed by atoms with Crippen molar-refractivity contribution in [3.8, 4) is 0 Å². The second-order valence-electron chi connectivity index (χ2n) is 7.21. The van der Waals surface area contributed by atoms with E-state index in [0.29, 0.717) is 5.56 Å². The first-order valence-electron chi connectivity index (χ1n) is 9.24. The van der Waals surface area contributed by atoms with Crippen molar-refractivity contribution >= 4 is 21.6 Å². The maximum atomic E-state index is 13.1. The molecule has 1 fully saturated rings. The summed E-state index contributed by atoms with van der Waals surface area (Å²) in [4.78, 5) is 16.1. The van der Waals surface area contributed by atoms with Gasteiger partial charge in [-0.05, 0) is 36.4 Å². The van der Waals surface area contributed by atoms with E-state index in [4.69, 9.17) is 0 Å². The van der Waals surface area contributed by atoms with Crippen LogP contribution in [-0.2, 0) is 10.0 Å². The number of halogens is 1. The summed E-state index contributed by atoms with van der Waals surface area (Å²) in [6.07, 6.45) is 1.83. The quantitative estimate of drug-likeness (QED) is 0.788. The number of hydrogen-bond donors (Lipinski definition) is 2. The molecule has 2 aromatic rings. The molecule has 28 heavy (non-hydrogen) atoms. The first-order chi connectivity index (χ1) is 13.3. The van der Waals surface area contributed by atoms with Gasteiger partial charge >= 0.3 is 0 Å². The third-order valence-corrected chi connectivity index (χ3v) is 6.58. The molecule has 1 aliphatic rings. The zero-order valence-corrected chi connectivity index (χ0v) is 16.8. The Kier molecular flexibility index (Phi) is 6.00. The van der Waals surface area contributed by atoms with Crippen LogP contribution in [0.15, 0.2) is 53.4 Å². The molecule has 6 nitrogen and oxygen atoms in total. The van der Waals surface area contributed by atoms with Gasteiger partial charge in [0.1, 0.15) is 5.82 Å². The number of benzene rings is 2. The Labute approximate surface area is 165 Å². The van der Waals surface area contributed by atoms with Crippen molar-refractivity contribution in [2.75, 3.05) is 31.9 Å². The van der Waals surface area contributed by atoms with Gasteiger partial charge in [-0.2, -0.15) is 0 Å². The molecular weight excluding hydrogens is 381 g/mol. The Balaban J connectivity index is 1.82. The van der Waals surface area contributed by atoms with E-state index in [2.05, 4.69) is 11.8 Å². The number of carbonyl (C=O) groups excluding carboxylic acids is 1. The van der Waals surface area contributed by atoms with Crippen molar-refractivity contribution in [2.24, 2.45) is 0 Å². The molecule has 8 heteroatoms. The van der Waals surface area contributed by atoms with Gasteiger partial charge in [0, 0.05) is 25.9 Å². The summed E-state index contributed by atoms with van der Waals surface area (Å²) in [5.41, 5.74) is 0.504. The van der Waals surface area contributed by atoms with Gasteiger partial charge in [0.25, 0.3) is 15.9 Å². The van der Waals surface area contributed by atoms with Crippen molar-refractivity contribution in [2.45, 2.75) is 23.8 Å². The van der Waals surface area contributed by atoms with Crippen LogP contribution in [0, 0.1) is 5.82 Å². The minimum Gasteiger partial charge on any atom is -0.338 e. The Bertz CT molecular complexity index is 939. The molecule has 0 unspecified atom stereocenters. The van der Waals surface area contributed by atoms with Gasteiger partial charge in [0.05, 0.1) is 36.3 Å². The highest BCUT2D eigenvalue weighted by Crippen LogP contribution is 2.23. The first kappa shape index (κ1) is 20.3. The minimum atomic E-state index is -3.93. The number of carbonyl (C=O) groups is 1. The molecule has 0 bridgehead atoms. The Morgan fingerprint density at radius 3 is 2.36 bits per heavy atom. The number of nitrogens with zero attached hydrogens (tertiary/aromatic N) is 1. The van der Waals surface area contributed by atoms with Crippen molar-refractivity contribution in [1.29, 1.82) is 0 Å². The van der Waals surface area contributed by atoms with Gasteiger partial charge in [0.15, 0.2) is 0 Å². The molecule has 0 aromatic heterocycles. The van der Waals surface area contributed by atoms with Crippen molar-refractivity contribution in [3.63, 3.8) is 0 Å². The van der Waals surface area contributed by atoms with Gasteiger partial charge in [-0.25, -0.2) is 12.8 Å². The number of anilines is 1. The highest BCUT2D eigenvalue weighted by molar-refractivity contribution is 7.92. The highest BCUT2D eigenvalue weighted by atomic mass is 32.2. The van der Waals surface area contributed by atoms with Gasteiger partial charge in [-0.3, -0.25) is 9.52 Å². The molecule has 150 valence electrons. The largest absolute Gasteiger partial charge is 0.338 e. The van der Waals surface area contributed by atoms with Gasteiger partial charge in [-0.15, -0.1) is 0 Å². The number of likely N-dealkylation sites (tertiary alicyclic amines) is 1. The van der Waals surface area contributed by atoms with E-state index in [9.17, 15) is 17.6 Å². The molecule has 3 rings (SSSR count). The summed E-state index contributed by atoms with van der Waals surface area (Å²) in [5, 5.41) is 0. The molecule has 1 aliphatic heterocycles. The fourth-order valence-electron chi connectivity index (χ4n) is 3.41. The predicted molar refractivity (Wildman–Crippen MR) is 105 cm³/mol. The average molecular weight is 407 g/mol. The standard InChI is InChI=1S/C20H24FN3O3S/c1-23-13-11-16(12-14-23)24(2)20(25)18-5-3-4-6-19(18)22-28(26,27)17-9-7-15(21)8-10-17/h3-10,16,22H,11-14H2,1-2H3/p+1. The van der Waals surface area contributed by atoms with Crippen molar-refractivity contribution in [1.82, 2.24) is 4.90 Å². The Morgan fingerprint density at radius 2 is 1.71 bits per heavy atom. The molecule has 0 radical (unpaired) electrons. The zero-order chi connectivity index (χ0) is 20.3. The van der Waals surface area contributed by atoms with E-state index in [1.165, 1.54) is 17.0 Å². The summed E-state index contributed by atoms with van der Waals surface area (Å²) in [6, 6.07) is 11.2. The number of piperidine rings is 1. The summed E-state index contributed by atoms with van der Waals surface area (Å²) in [6.45, 7) is 2.00. The highest BCUT2D eigenvalue weighted by Gasteiger charge is 2.28. The molecule has 0 aliphatic carbocycles. The maximum Gasteiger partial charge on any atom is 0.261 e. The molecule has 0 atom stereocenters. The number of rotatable bonds is 5. The lowest BCUT2D eigenvalue weighted by atomic mass is 10.0. The van der Waals surface area contributed by atoms with E-state index >= 15 is 0 Å². The first-order valence-corrected chi connectivity index (χ1v) is 10.7. The molecule has 2 aromatic carbocycles. The van der Waals surface area contributed by atoms with Crippen LogP contribution in [0.2, 0.25) is 0 Å². The lowest BCUT2D eigenvalue weighted by Crippen LogP contribution is -3.10. The average Bonchev–Trinajstić information content (AvgIpc) is 2.68. The number of sulfonamides is 1. The van der Waals surface area contributed by atoms with Gasteiger partial charge in [-0.1, -0.05) is 12.1 Å². The second kappa shape index (κ2) is 8.28. The van der Waals surface area contributed by atoms with Crippen LogP contribution < -0.4 is 9.62 Å². The van der Waals surface area contributed by atoms with Crippen LogP contribution in [-0.4, -0.2) is 52.5 Å². The van der Waals surface area contributed by atoms with E-state index in [-0.39, 0.29) is 22.5 Å². The number of nitrogens with one attached hydrogen (secondary N) is 2. The van der Waals surface area contributed by atoms with Crippen LogP contribution in [0.25, 0.3) is 0 Å². The number of para-hydroxylation sites is 1. The minimum absolute atomic E-state index is 0.0669. The summed E-state index contributed by atoms with van der Waals surface area (Å²) in [7, 11) is -0.0354. The number of amides is 1. The second-order valence-corrected chi connectivity index (χ2v) is 8.89. The topological polar surface area (TPSA) is 70.9 Å². The van der Waals surface area contributed by atoms with E-state index in [1.54, 1.807) is 36.2 Å². The third kappa shape index (κ3) is 4.51. The van der Waals surface area contributed by atoms with E-state index < -0.39 is 15.8 Å². The predicted octanol–water partition coefficient (Wildman–Crippen LogP) is 1.38. The lowest BCUT2D eigenvalue weighted by molar-refractivity contribution is -0.885. The van der Waals surface area contributed by atoms with Crippen LogP contribution in [0.4, 0.5) is 10.1 Å². The third-order valence-electron chi connectivity index (χ3n) is 5.20. The van der Waals surface area contributed by atoms with Crippen LogP contribution in [0.3, 0.4) is 0 Å². The Morgan fingerprint density at radius 1 is 1.11 bits per heavy atom. The van der Waals surface area contributed by atoms with Gasteiger partial charge < -0.3 is 9.80 Å². The van der Waals surface area contributed by atoms with Crippen LogP contribution >= 0.6 is 0 Å². The molecule has 1 saturated heterocycles. The summed E-state index contributed by atoms with van der Waals surface area (Å²) >= 11 is 0. The fraction of sp³-hybridized carbons (Fsp3) is 0.350. The summed E-state index contributed by atoms with van der Waals surface area (Å²) < 4.78 is 40.8.